The number of anilines is 1. The van der Waals surface area contributed by atoms with Gasteiger partial charge in [0.25, 0.3) is 0 Å². The number of hydrogen-bond donors (Lipinski definition) is 1. The minimum Gasteiger partial charge on any atom is -0.391 e. The summed E-state index contributed by atoms with van der Waals surface area (Å²) in [5.74, 6) is 0. The highest BCUT2D eigenvalue weighted by Crippen LogP contribution is 2.26. The van der Waals surface area contributed by atoms with Crippen LogP contribution in [0.1, 0.15) is 12.1 Å². The van der Waals surface area contributed by atoms with Gasteiger partial charge in [0.15, 0.2) is 0 Å². The highest BCUT2D eigenvalue weighted by Gasteiger charge is 2.31. The van der Waals surface area contributed by atoms with Crippen LogP contribution in [0.2, 0.25) is 0 Å². The van der Waals surface area contributed by atoms with Gasteiger partial charge in [-0.3, -0.25) is 4.98 Å². The fourth-order valence-corrected chi connectivity index (χ4v) is 2.51. The van der Waals surface area contributed by atoms with Crippen LogP contribution < -0.4 is 4.90 Å². The number of hydrogen-bond acceptors (Lipinski definition) is 4. The first-order valence-corrected chi connectivity index (χ1v) is 6.08. The van der Waals surface area contributed by atoms with E-state index in [1.165, 1.54) is 5.69 Å². The van der Waals surface area contributed by atoms with E-state index >= 15 is 0 Å². The zero-order valence-corrected chi connectivity index (χ0v) is 10.8. The number of nitrogens with zero attached hydrogens (tertiary/aromatic N) is 3. The molecule has 0 saturated carbocycles. The molecule has 1 saturated heterocycles. The molecule has 0 aromatic carbocycles. The molecule has 2 unspecified atom stereocenters. The van der Waals surface area contributed by atoms with Crippen molar-refractivity contribution in [2.24, 2.45) is 0 Å². The second-order valence-electron chi connectivity index (χ2n) is 5.11. The van der Waals surface area contributed by atoms with Gasteiger partial charge in [0.2, 0.25) is 0 Å². The van der Waals surface area contributed by atoms with Gasteiger partial charge in [-0.25, -0.2) is 0 Å². The predicted molar refractivity (Wildman–Crippen MR) is 69.3 cm³/mol. The third-order valence-corrected chi connectivity index (χ3v) is 3.18. The molecule has 2 rings (SSSR count). The second-order valence-corrected chi connectivity index (χ2v) is 5.11. The van der Waals surface area contributed by atoms with Crippen molar-refractivity contribution < 1.29 is 5.11 Å². The smallest absolute Gasteiger partial charge is 0.0735 e. The average Bonchev–Trinajstić information content (AvgIpc) is 2.58. The van der Waals surface area contributed by atoms with Gasteiger partial charge in [-0.05, 0) is 39.6 Å². The van der Waals surface area contributed by atoms with Crippen molar-refractivity contribution in [1.29, 1.82) is 0 Å². The van der Waals surface area contributed by atoms with E-state index in [1.807, 2.05) is 19.2 Å². The quantitative estimate of drug-likeness (QED) is 0.844. The molecule has 0 aliphatic carbocycles. The van der Waals surface area contributed by atoms with Crippen LogP contribution in [0.5, 0.6) is 0 Å². The Bertz CT molecular complexity index is 381. The number of aliphatic hydroxyl groups excluding tert-OH is 1. The Morgan fingerprint density at radius 2 is 2.29 bits per heavy atom. The van der Waals surface area contributed by atoms with E-state index in [9.17, 15) is 5.11 Å². The van der Waals surface area contributed by atoms with Crippen LogP contribution in [-0.2, 0) is 0 Å². The van der Waals surface area contributed by atoms with Gasteiger partial charge in [-0.2, -0.15) is 0 Å². The van der Waals surface area contributed by atoms with Crippen molar-refractivity contribution in [2.75, 3.05) is 32.1 Å². The maximum absolute atomic E-state index is 9.84. The zero-order valence-electron chi connectivity index (χ0n) is 10.8. The van der Waals surface area contributed by atoms with Crippen molar-refractivity contribution >= 4 is 5.69 Å². The largest absolute Gasteiger partial charge is 0.391 e. The van der Waals surface area contributed by atoms with Gasteiger partial charge < -0.3 is 14.9 Å². The van der Waals surface area contributed by atoms with Crippen LogP contribution in [0.25, 0.3) is 0 Å². The number of likely N-dealkylation sites (N-methyl/N-ethyl adjacent to an activating group) is 1. The van der Waals surface area contributed by atoms with Gasteiger partial charge in [-0.15, -0.1) is 0 Å². The molecule has 17 heavy (non-hydrogen) atoms. The zero-order chi connectivity index (χ0) is 12.4. The van der Waals surface area contributed by atoms with E-state index in [1.54, 1.807) is 0 Å². The first-order chi connectivity index (χ1) is 8.06. The van der Waals surface area contributed by atoms with Gasteiger partial charge in [-0.1, -0.05) is 0 Å². The summed E-state index contributed by atoms with van der Waals surface area (Å²) in [5.41, 5.74) is 2.19. The summed E-state index contributed by atoms with van der Waals surface area (Å²) in [6.45, 7) is 3.69. The van der Waals surface area contributed by atoms with Crippen LogP contribution in [0.15, 0.2) is 18.3 Å². The Morgan fingerprint density at radius 1 is 1.53 bits per heavy atom. The molecule has 2 heterocycles. The summed E-state index contributed by atoms with van der Waals surface area (Å²) in [6.07, 6.45) is 2.47. The van der Waals surface area contributed by atoms with Gasteiger partial charge >= 0.3 is 0 Å². The predicted octanol–water partition coefficient (Wildman–Crippen LogP) is 0.891. The van der Waals surface area contributed by atoms with Gasteiger partial charge in [0, 0.05) is 36.7 Å². The Kier molecular flexibility index (Phi) is 3.64. The number of rotatable bonds is 3. The Morgan fingerprint density at radius 3 is 2.94 bits per heavy atom. The van der Waals surface area contributed by atoms with Gasteiger partial charge in [0.1, 0.15) is 0 Å². The molecule has 1 aromatic rings. The van der Waals surface area contributed by atoms with Crippen molar-refractivity contribution in [3.8, 4) is 0 Å². The third-order valence-electron chi connectivity index (χ3n) is 3.18. The molecule has 94 valence electrons. The molecule has 0 bridgehead atoms. The molecular formula is C13H21N3O. The van der Waals surface area contributed by atoms with Crippen molar-refractivity contribution in [1.82, 2.24) is 9.88 Å². The maximum Gasteiger partial charge on any atom is 0.0735 e. The van der Waals surface area contributed by atoms with E-state index in [0.717, 1.165) is 25.2 Å². The topological polar surface area (TPSA) is 39.6 Å². The van der Waals surface area contributed by atoms with E-state index in [4.69, 9.17) is 0 Å². The van der Waals surface area contributed by atoms with E-state index < -0.39 is 0 Å². The Hall–Kier alpha value is -1.13. The minimum atomic E-state index is -0.214. The van der Waals surface area contributed by atoms with Crippen molar-refractivity contribution in [3.05, 3.63) is 24.0 Å². The monoisotopic (exact) mass is 235 g/mol. The molecule has 1 N–H and O–H groups in total. The fraction of sp³-hybridized carbons (Fsp3) is 0.615. The summed E-state index contributed by atoms with van der Waals surface area (Å²) >= 11 is 0. The minimum absolute atomic E-state index is 0.214. The van der Waals surface area contributed by atoms with Crippen LogP contribution in [0.4, 0.5) is 5.69 Å². The molecule has 1 aliphatic rings. The molecule has 1 aromatic heterocycles. The SMILES string of the molecule is Cc1cc(N2CC(O)CC2CN(C)C)ccn1. The molecule has 4 nitrogen and oxygen atoms in total. The lowest BCUT2D eigenvalue weighted by atomic mass is 10.2. The summed E-state index contributed by atoms with van der Waals surface area (Å²) in [5, 5.41) is 9.84. The van der Waals surface area contributed by atoms with E-state index in [0.29, 0.717) is 6.04 Å². The van der Waals surface area contributed by atoms with Crippen LogP contribution in [0.3, 0.4) is 0 Å². The molecule has 1 aliphatic heterocycles. The maximum atomic E-state index is 9.84. The summed E-state index contributed by atoms with van der Waals surface area (Å²) in [6, 6.07) is 4.50. The van der Waals surface area contributed by atoms with Crippen molar-refractivity contribution in [3.63, 3.8) is 0 Å². The first kappa shape index (κ1) is 12.3. The Balaban J connectivity index is 2.17. The number of aryl methyl sites for hydroxylation is 1. The Labute approximate surface area is 103 Å². The lowest BCUT2D eigenvalue weighted by molar-refractivity contribution is 0.191. The van der Waals surface area contributed by atoms with Crippen LogP contribution in [0, 0.1) is 6.92 Å². The molecule has 0 radical (unpaired) electrons. The molecular weight excluding hydrogens is 214 g/mol. The number of β-amino-alcohol motifs (C(OH)–C–C–N with tert-alkyl or cyclic N) is 1. The highest BCUT2D eigenvalue weighted by molar-refractivity contribution is 5.49. The average molecular weight is 235 g/mol. The normalized spacial score (nSPS) is 24.6. The molecule has 0 amide bonds. The summed E-state index contributed by atoms with van der Waals surface area (Å²) < 4.78 is 0. The standard InChI is InChI=1S/C13H21N3O/c1-10-6-11(4-5-14-10)16-9-13(17)7-12(16)8-15(2)3/h4-6,12-13,17H,7-9H2,1-3H3. The van der Waals surface area contributed by atoms with Gasteiger partial charge in [0.05, 0.1) is 6.10 Å². The first-order valence-electron chi connectivity index (χ1n) is 6.08. The number of aromatic nitrogens is 1. The third kappa shape index (κ3) is 2.96. The molecule has 1 fully saturated rings. The lowest BCUT2D eigenvalue weighted by Gasteiger charge is -2.28. The van der Waals surface area contributed by atoms with E-state index in [2.05, 4.69) is 34.9 Å². The van der Waals surface area contributed by atoms with Crippen LogP contribution >= 0.6 is 0 Å². The van der Waals surface area contributed by atoms with Crippen LogP contribution in [-0.4, -0.2) is 54.3 Å². The summed E-state index contributed by atoms with van der Waals surface area (Å²) in [4.78, 5) is 8.68. The lowest BCUT2D eigenvalue weighted by Crippen LogP contribution is -2.37. The molecule has 4 heteroatoms. The molecule has 2 atom stereocenters. The van der Waals surface area contributed by atoms with Crippen molar-refractivity contribution in [2.45, 2.75) is 25.5 Å². The summed E-state index contributed by atoms with van der Waals surface area (Å²) in [7, 11) is 4.14. The number of aliphatic hydroxyl groups is 1. The van der Waals surface area contributed by atoms with E-state index in [-0.39, 0.29) is 6.10 Å². The second kappa shape index (κ2) is 5.02. The highest BCUT2D eigenvalue weighted by atomic mass is 16.3. The fourth-order valence-electron chi connectivity index (χ4n) is 2.51. The number of pyridine rings is 1. The molecule has 0 spiro atoms.